The van der Waals surface area contributed by atoms with E-state index in [9.17, 15) is 9.59 Å². The Morgan fingerprint density at radius 1 is 0.808 bits per heavy atom. The Kier molecular flexibility index (Phi) is 8.34. The third-order valence-corrected chi connectivity index (χ3v) is 5.24. The molecule has 2 aromatic carbocycles. The number of hydrogen-bond acceptors (Lipinski definition) is 2. The molecule has 0 fully saturated rings. The zero-order chi connectivity index (χ0) is 18.9. The van der Waals surface area contributed by atoms with Gasteiger partial charge in [-0.05, 0) is 18.6 Å². The fraction of sp³-hybridized carbons (Fsp3) is 0.364. The van der Waals surface area contributed by atoms with E-state index in [2.05, 4.69) is 6.92 Å². The molecule has 138 valence electrons. The van der Waals surface area contributed by atoms with Gasteiger partial charge in [0.2, 0.25) is 0 Å². The molecular weight excluding hydrogens is 367 g/mol. The predicted octanol–water partition coefficient (Wildman–Crippen LogP) is 7.16. The molecule has 2 rings (SSSR count). The second-order valence-electron chi connectivity index (χ2n) is 6.45. The largest absolute Gasteiger partial charge is 0.294 e. The van der Waals surface area contributed by atoms with Crippen LogP contribution in [-0.2, 0) is 0 Å². The van der Waals surface area contributed by atoms with E-state index in [4.69, 9.17) is 23.2 Å². The average Bonchev–Trinajstić information content (AvgIpc) is 2.66. The van der Waals surface area contributed by atoms with E-state index in [1.165, 1.54) is 25.7 Å². The van der Waals surface area contributed by atoms with Crippen molar-refractivity contribution < 1.29 is 9.59 Å². The Labute approximate surface area is 165 Å². The molecule has 4 heteroatoms. The van der Waals surface area contributed by atoms with Gasteiger partial charge in [-0.15, -0.1) is 0 Å². The number of halogens is 2. The molecule has 0 unspecified atom stereocenters. The second-order valence-corrected chi connectivity index (χ2v) is 7.23. The fourth-order valence-corrected chi connectivity index (χ4v) is 3.24. The van der Waals surface area contributed by atoms with E-state index in [1.54, 1.807) is 42.5 Å². The minimum absolute atomic E-state index is 0.125. The summed E-state index contributed by atoms with van der Waals surface area (Å²) >= 11 is 12.1. The number of Topliss-reactive ketones (excluding diaryl/α,β-unsaturated/α-hetero) is 1. The fourth-order valence-electron chi connectivity index (χ4n) is 2.85. The zero-order valence-electron chi connectivity index (χ0n) is 15.1. The van der Waals surface area contributed by atoms with Gasteiger partial charge in [-0.1, -0.05) is 92.6 Å². The van der Waals surface area contributed by atoms with Crippen LogP contribution in [0.4, 0.5) is 0 Å². The van der Waals surface area contributed by atoms with Crippen LogP contribution >= 0.6 is 23.2 Å². The SMILES string of the molecule is CCCCCCCCC(=O)c1ccc(C(=O)c2cccc(Cl)c2Cl)cc1. The molecule has 0 aliphatic heterocycles. The van der Waals surface area contributed by atoms with Crippen molar-refractivity contribution in [2.45, 2.75) is 51.9 Å². The van der Waals surface area contributed by atoms with E-state index in [0.29, 0.717) is 28.1 Å². The molecule has 0 spiro atoms. The summed E-state index contributed by atoms with van der Waals surface area (Å²) in [5.41, 5.74) is 1.50. The van der Waals surface area contributed by atoms with Gasteiger partial charge in [0.05, 0.1) is 10.0 Å². The highest BCUT2D eigenvalue weighted by atomic mass is 35.5. The third-order valence-electron chi connectivity index (χ3n) is 4.42. The lowest BCUT2D eigenvalue weighted by molar-refractivity contribution is 0.0977. The van der Waals surface area contributed by atoms with Crippen molar-refractivity contribution in [2.24, 2.45) is 0 Å². The number of unbranched alkanes of at least 4 members (excludes halogenated alkanes) is 5. The Balaban J connectivity index is 1.94. The van der Waals surface area contributed by atoms with Crippen LogP contribution in [0, 0.1) is 0 Å². The number of carbonyl (C=O) groups is 2. The van der Waals surface area contributed by atoms with Gasteiger partial charge in [0.1, 0.15) is 0 Å². The lowest BCUT2D eigenvalue weighted by atomic mass is 9.99. The van der Waals surface area contributed by atoms with Crippen LogP contribution < -0.4 is 0 Å². The quantitative estimate of drug-likeness (QED) is 0.318. The van der Waals surface area contributed by atoms with E-state index in [-0.39, 0.29) is 16.6 Å². The van der Waals surface area contributed by atoms with Gasteiger partial charge < -0.3 is 0 Å². The topological polar surface area (TPSA) is 34.1 Å². The van der Waals surface area contributed by atoms with Crippen LogP contribution in [0.5, 0.6) is 0 Å². The Bertz CT molecular complexity index is 751. The lowest BCUT2D eigenvalue weighted by Crippen LogP contribution is -2.04. The van der Waals surface area contributed by atoms with Crippen molar-refractivity contribution in [2.75, 3.05) is 0 Å². The summed E-state index contributed by atoms with van der Waals surface area (Å²) in [7, 11) is 0. The summed E-state index contributed by atoms with van der Waals surface area (Å²) in [5.74, 6) is -0.0762. The van der Waals surface area contributed by atoms with Crippen LogP contribution in [-0.4, -0.2) is 11.6 Å². The van der Waals surface area contributed by atoms with Crippen LogP contribution in [0.2, 0.25) is 10.0 Å². The second kappa shape index (κ2) is 10.5. The van der Waals surface area contributed by atoms with Crippen molar-refractivity contribution in [1.82, 2.24) is 0 Å². The zero-order valence-corrected chi connectivity index (χ0v) is 16.6. The molecule has 0 atom stereocenters. The van der Waals surface area contributed by atoms with Gasteiger partial charge in [-0.2, -0.15) is 0 Å². The molecule has 0 amide bonds. The van der Waals surface area contributed by atoms with Crippen molar-refractivity contribution in [3.05, 3.63) is 69.2 Å². The molecule has 0 aliphatic rings. The van der Waals surface area contributed by atoms with Gasteiger partial charge in [-0.25, -0.2) is 0 Å². The molecule has 0 aromatic heterocycles. The number of benzene rings is 2. The molecule has 2 nitrogen and oxygen atoms in total. The molecule has 26 heavy (non-hydrogen) atoms. The van der Waals surface area contributed by atoms with Crippen LogP contribution in [0.3, 0.4) is 0 Å². The third kappa shape index (κ3) is 5.69. The highest BCUT2D eigenvalue weighted by Gasteiger charge is 2.15. The monoisotopic (exact) mass is 390 g/mol. The van der Waals surface area contributed by atoms with E-state index in [1.807, 2.05) is 0 Å². The first kappa shape index (κ1) is 20.7. The molecule has 0 N–H and O–H groups in total. The Morgan fingerprint density at radius 2 is 1.42 bits per heavy atom. The van der Waals surface area contributed by atoms with Crippen molar-refractivity contribution in [3.8, 4) is 0 Å². The first-order valence-corrected chi connectivity index (χ1v) is 9.92. The average molecular weight is 391 g/mol. The minimum Gasteiger partial charge on any atom is -0.294 e. The summed E-state index contributed by atoms with van der Waals surface area (Å²) < 4.78 is 0. The maximum atomic E-state index is 12.6. The molecule has 0 saturated heterocycles. The summed E-state index contributed by atoms with van der Waals surface area (Å²) in [4.78, 5) is 24.8. The highest BCUT2D eigenvalue weighted by Crippen LogP contribution is 2.27. The normalized spacial score (nSPS) is 10.7. The molecular formula is C22H24Cl2O2. The van der Waals surface area contributed by atoms with Gasteiger partial charge in [0.25, 0.3) is 0 Å². The molecule has 0 saturated carbocycles. The van der Waals surface area contributed by atoms with Crippen LogP contribution in [0.1, 0.15) is 78.1 Å². The van der Waals surface area contributed by atoms with E-state index < -0.39 is 0 Å². The van der Waals surface area contributed by atoms with Crippen molar-refractivity contribution in [3.63, 3.8) is 0 Å². The van der Waals surface area contributed by atoms with E-state index in [0.717, 1.165) is 12.8 Å². The Morgan fingerprint density at radius 3 is 2.12 bits per heavy atom. The highest BCUT2D eigenvalue weighted by molar-refractivity contribution is 6.44. The summed E-state index contributed by atoms with van der Waals surface area (Å²) in [6, 6.07) is 11.8. The number of hydrogen-bond donors (Lipinski definition) is 0. The van der Waals surface area contributed by atoms with Gasteiger partial charge in [0.15, 0.2) is 11.6 Å². The van der Waals surface area contributed by atoms with E-state index >= 15 is 0 Å². The maximum absolute atomic E-state index is 12.6. The first-order valence-electron chi connectivity index (χ1n) is 9.16. The predicted molar refractivity (Wildman–Crippen MR) is 109 cm³/mol. The maximum Gasteiger partial charge on any atom is 0.194 e. The van der Waals surface area contributed by atoms with Crippen molar-refractivity contribution >= 4 is 34.8 Å². The van der Waals surface area contributed by atoms with Gasteiger partial charge in [0, 0.05) is 23.1 Å². The molecule has 0 heterocycles. The standard InChI is InChI=1S/C22H24Cl2O2/c1-2-3-4-5-6-7-11-20(25)16-12-14-17(15-13-16)22(26)18-9-8-10-19(23)21(18)24/h8-10,12-15H,2-7,11H2,1H3. The summed E-state index contributed by atoms with van der Waals surface area (Å²) in [6.07, 6.45) is 7.49. The van der Waals surface area contributed by atoms with Crippen LogP contribution in [0.25, 0.3) is 0 Å². The molecule has 0 radical (unpaired) electrons. The van der Waals surface area contributed by atoms with Crippen molar-refractivity contribution in [1.29, 1.82) is 0 Å². The molecule has 0 aliphatic carbocycles. The van der Waals surface area contributed by atoms with Crippen LogP contribution in [0.15, 0.2) is 42.5 Å². The minimum atomic E-state index is -0.201. The number of ketones is 2. The smallest absolute Gasteiger partial charge is 0.194 e. The molecule has 0 bridgehead atoms. The Hall–Kier alpha value is -1.64. The van der Waals surface area contributed by atoms with Gasteiger partial charge >= 0.3 is 0 Å². The molecule has 2 aromatic rings. The summed E-state index contributed by atoms with van der Waals surface area (Å²) in [6.45, 7) is 2.19. The number of carbonyl (C=O) groups excluding carboxylic acids is 2. The number of rotatable bonds is 10. The van der Waals surface area contributed by atoms with Gasteiger partial charge in [-0.3, -0.25) is 9.59 Å². The first-order chi connectivity index (χ1) is 12.5. The lowest BCUT2D eigenvalue weighted by Gasteiger charge is -2.06. The summed E-state index contributed by atoms with van der Waals surface area (Å²) in [5, 5.41) is 0.602.